The van der Waals surface area contributed by atoms with Crippen molar-refractivity contribution in [3.05, 3.63) is 0 Å². The van der Waals surface area contributed by atoms with E-state index in [9.17, 15) is 4.79 Å². The molecule has 3 nitrogen and oxygen atoms in total. The Morgan fingerprint density at radius 1 is 0.414 bits per heavy atom. The van der Waals surface area contributed by atoms with E-state index in [1.807, 2.05) is 0 Å². The van der Waals surface area contributed by atoms with Crippen LogP contribution in [0.4, 0.5) is 4.79 Å². The lowest BCUT2D eigenvalue weighted by atomic mass is 10.1. The second kappa shape index (κ2) is 25.3. The fraction of sp³-hybridized carbons (Fsp3) is 0.962. The van der Waals surface area contributed by atoms with Gasteiger partial charge in [-0.05, 0) is 12.8 Å². The summed E-state index contributed by atoms with van der Waals surface area (Å²) in [5.74, 6) is 0. The van der Waals surface area contributed by atoms with Gasteiger partial charge in [-0.15, -0.1) is 0 Å². The van der Waals surface area contributed by atoms with Crippen LogP contribution < -0.4 is 0 Å². The van der Waals surface area contributed by atoms with E-state index in [0.717, 1.165) is 25.7 Å². The first-order chi connectivity index (χ1) is 14.3. The van der Waals surface area contributed by atoms with E-state index in [1.54, 1.807) is 0 Å². The Labute approximate surface area is 182 Å². The van der Waals surface area contributed by atoms with E-state index in [2.05, 4.69) is 13.8 Å². The number of carbonyl (C=O) groups is 1. The standard InChI is InChI=1S/C26H52O3/c1-3-5-7-9-11-13-15-17-19-21-23-25-29-26(27)28-24-22-20-18-16-14-12-10-8-6-4-2/h3-25H2,1-2H3. The van der Waals surface area contributed by atoms with Crippen molar-refractivity contribution in [2.45, 2.75) is 149 Å². The minimum absolute atomic E-state index is 0.479. The van der Waals surface area contributed by atoms with Crippen LogP contribution in [0.15, 0.2) is 0 Å². The predicted octanol–water partition coefficient (Wildman–Crippen LogP) is 9.37. The van der Waals surface area contributed by atoms with Crippen LogP contribution in [0.2, 0.25) is 0 Å². The molecule has 0 heterocycles. The average molecular weight is 413 g/mol. The molecule has 0 aromatic heterocycles. The smallest absolute Gasteiger partial charge is 0.434 e. The second-order valence-electron chi connectivity index (χ2n) is 8.66. The summed E-state index contributed by atoms with van der Waals surface area (Å²) < 4.78 is 10.3. The number of hydrogen-bond donors (Lipinski definition) is 0. The van der Waals surface area contributed by atoms with Crippen molar-refractivity contribution in [3.8, 4) is 0 Å². The number of hydrogen-bond acceptors (Lipinski definition) is 3. The molecule has 0 aliphatic rings. The molecule has 0 radical (unpaired) electrons. The molecule has 0 bridgehead atoms. The van der Waals surface area contributed by atoms with Gasteiger partial charge in [-0.25, -0.2) is 4.79 Å². The van der Waals surface area contributed by atoms with Crippen LogP contribution in [-0.2, 0) is 9.47 Å². The molecule has 0 unspecified atom stereocenters. The van der Waals surface area contributed by atoms with Gasteiger partial charge in [-0.1, -0.05) is 136 Å². The molecule has 0 amide bonds. The highest BCUT2D eigenvalue weighted by atomic mass is 16.7. The van der Waals surface area contributed by atoms with E-state index in [-0.39, 0.29) is 0 Å². The molecular formula is C26H52O3. The monoisotopic (exact) mass is 412 g/mol. The molecule has 174 valence electrons. The SMILES string of the molecule is CCCCCCCCCCCCCOC(=O)OCCCCCCCCCCCC. The summed E-state index contributed by atoms with van der Waals surface area (Å²) in [7, 11) is 0. The zero-order valence-corrected chi connectivity index (χ0v) is 20.0. The van der Waals surface area contributed by atoms with Gasteiger partial charge in [-0.3, -0.25) is 0 Å². The second-order valence-corrected chi connectivity index (χ2v) is 8.66. The molecule has 29 heavy (non-hydrogen) atoms. The highest BCUT2D eigenvalue weighted by Crippen LogP contribution is 2.12. The van der Waals surface area contributed by atoms with Crippen LogP contribution in [0, 0.1) is 0 Å². The summed E-state index contributed by atoms with van der Waals surface area (Å²) in [4.78, 5) is 11.5. The van der Waals surface area contributed by atoms with Crippen molar-refractivity contribution in [2.24, 2.45) is 0 Å². The van der Waals surface area contributed by atoms with E-state index >= 15 is 0 Å². The zero-order chi connectivity index (χ0) is 21.3. The van der Waals surface area contributed by atoms with Gasteiger partial charge in [0.1, 0.15) is 0 Å². The Morgan fingerprint density at radius 2 is 0.655 bits per heavy atom. The predicted molar refractivity (Wildman–Crippen MR) is 126 cm³/mol. The molecule has 0 aromatic carbocycles. The summed E-state index contributed by atoms with van der Waals surface area (Å²) in [5, 5.41) is 0. The first kappa shape index (κ1) is 28.3. The molecule has 0 saturated carbocycles. The third kappa shape index (κ3) is 25.2. The van der Waals surface area contributed by atoms with Crippen LogP contribution in [0.1, 0.15) is 149 Å². The van der Waals surface area contributed by atoms with Gasteiger partial charge in [0.05, 0.1) is 13.2 Å². The van der Waals surface area contributed by atoms with Crippen molar-refractivity contribution in [1.82, 2.24) is 0 Å². The molecule has 0 aliphatic carbocycles. The maximum absolute atomic E-state index is 11.5. The minimum atomic E-state index is -0.479. The normalized spacial score (nSPS) is 11.0. The molecular weight excluding hydrogens is 360 g/mol. The fourth-order valence-electron chi connectivity index (χ4n) is 3.71. The molecule has 3 heteroatoms. The summed E-state index contributed by atoms with van der Waals surface area (Å²) in [5.41, 5.74) is 0. The molecule has 0 aromatic rings. The zero-order valence-electron chi connectivity index (χ0n) is 20.0. The van der Waals surface area contributed by atoms with Crippen molar-refractivity contribution in [3.63, 3.8) is 0 Å². The summed E-state index contributed by atoms with van der Waals surface area (Å²) in [6.45, 7) is 5.54. The maximum Gasteiger partial charge on any atom is 0.508 e. The number of unbranched alkanes of at least 4 members (excludes halogenated alkanes) is 19. The van der Waals surface area contributed by atoms with Gasteiger partial charge in [0, 0.05) is 0 Å². The van der Waals surface area contributed by atoms with E-state index in [0.29, 0.717) is 13.2 Å². The van der Waals surface area contributed by atoms with E-state index < -0.39 is 6.16 Å². The average Bonchev–Trinajstić information content (AvgIpc) is 2.72. The Balaban J connectivity index is 3.13. The summed E-state index contributed by atoms with van der Waals surface area (Å²) >= 11 is 0. The van der Waals surface area contributed by atoms with Crippen molar-refractivity contribution >= 4 is 6.16 Å². The third-order valence-electron chi connectivity index (χ3n) is 5.69. The third-order valence-corrected chi connectivity index (χ3v) is 5.69. The van der Waals surface area contributed by atoms with Crippen molar-refractivity contribution in [1.29, 1.82) is 0 Å². The summed E-state index contributed by atoms with van der Waals surface area (Å²) in [6, 6.07) is 0. The maximum atomic E-state index is 11.5. The van der Waals surface area contributed by atoms with Crippen LogP contribution >= 0.6 is 0 Å². The highest BCUT2D eigenvalue weighted by molar-refractivity contribution is 5.59. The molecule has 0 saturated heterocycles. The summed E-state index contributed by atoms with van der Waals surface area (Å²) in [6.07, 6.45) is 26.8. The largest absolute Gasteiger partial charge is 0.508 e. The van der Waals surface area contributed by atoms with Crippen LogP contribution in [-0.4, -0.2) is 19.4 Å². The van der Waals surface area contributed by atoms with Crippen LogP contribution in [0.25, 0.3) is 0 Å². The Kier molecular flexibility index (Phi) is 24.7. The van der Waals surface area contributed by atoms with Gasteiger partial charge in [0.25, 0.3) is 0 Å². The Bertz CT molecular complexity index is 317. The Hall–Kier alpha value is -0.730. The molecule has 0 spiro atoms. The van der Waals surface area contributed by atoms with Gasteiger partial charge in [-0.2, -0.15) is 0 Å². The quantitative estimate of drug-likeness (QED) is 0.124. The van der Waals surface area contributed by atoms with Crippen LogP contribution in [0.5, 0.6) is 0 Å². The van der Waals surface area contributed by atoms with Crippen molar-refractivity contribution < 1.29 is 14.3 Å². The molecule has 0 atom stereocenters. The van der Waals surface area contributed by atoms with E-state index in [1.165, 1.54) is 109 Å². The molecule has 0 N–H and O–H groups in total. The van der Waals surface area contributed by atoms with E-state index in [4.69, 9.17) is 9.47 Å². The Morgan fingerprint density at radius 3 is 0.931 bits per heavy atom. The lowest BCUT2D eigenvalue weighted by Crippen LogP contribution is -2.09. The lowest BCUT2D eigenvalue weighted by Gasteiger charge is -2.06. The van der Waals surface area contributed by atoms with Crippen LogP contribution in [0.3, 0.4) is 0 Å². The minimum Gasteiger partial charge on any atom is -0.434 e. The lowest BCUT2D eigenvalue weighted by molar-refractivity contribution is 0.0529. The van der Waals surface area contributed by atoms with Gasteiger partial charge in [0.2, 0.25) is 0 Å². The molecule has 0 fully saturated rings. The van der Waals surface area contributed by atoms with Gasteiger partial charge < -0.3 is 9.47 Å². The van der Waals surface area contributed by atoms with Gasteiger partial charge >= 0.3 is 6.16 Å². The topological polar surface area (TPSA) is 35.5 Å². The highest BCUT2D eigenvalue weighted by Gasteiger charge is 2.03. The number of ether oxygens (including phenoxy) is 2. The molecule has 0 aliphatic heterocycles. The number of rotatable bonds is 23. The van der Waals surface area contributed by atoms with Crippen molar-refractivity contribution in [2.75, 3.05) is 13.2 Å². The first-order valence-electron chi connectivity index (χ1n) is 13.1. The fourth-order valence-corrected chi connectivity index (χ4v) is 3.71. The van der Waals surface area contributed by atoms with Gasteiger partial charge in [0.15, 0.2) is 0 Å². The first-order valence-corrected chi connectivity index (χ1v) is 13.1. The number of carbonyl (C=O) groups excluding carboxylic acids is 1. The molecule has 0 rings (SSSR count).